The van der Waals surface area contributed by atoms with Crippen molar-refractivity contribution in [2.45, 2.75) is 39.2 Å². The van der Waals surface area contributed by atoms with Crippen molar-refractivity contribution in [1.82, 2.24) is 19.6 Å². The maximum Gasteiger partial charge on any atom is 0.280 e. The number of rotatable bonds is 7. The Balaban J connectivity index is 1.80. The third-order valence-corrected chi connectivity index (χ3v) is 4.61. The van der Waals surface area contributed by atoms with Crippen molar-refractivity contribution < 1.29 is 8.78 Å². The minimum absolute atomic E-state index is 0.236. The zero-order valence-corrected chi connectivity index (χ0v) is 13.1. The molecule has 0 atom stereocenters. The monoisotopic (exact) mass is 325 g/mol. The van der Waals surface area contributed by atoms with Crippen LogP contribution >= 0.6 is 11.5 Å². The van der Waals surface area contributed by atoms with Crippen LogP contribution in [0.1, 0.15) is 42.0 Å². The van der Waals surface area contributed by atoms with Crippen LogP contribution in [0.3, 0.4) is 0 Å². The van der Waals surface area contributed by atoms with Crippen LogP contribution in [-0.4, -0.2) is 26.1 Å². The lowest BCUT2D eigenvalue weighted by atomic mass is 10.2. The molecule has 8 heteroatoms. The maximum atomic E-state index is 12.8. The van der Waals surface area contributed by atoms with Gasteiger partial charge in [-0.25, -0.2) is 18.7 Å². The molecule has 22 heavy (non-hydrogen) atoms. The molecule has 1 saturated carbocycles. The van der Waals surface area contributed by atoms with E-state index in [2.05, 4.69) is 19.6 Å². The summed E-state index contributed by atoms with van der Waals surface area (Å²) in [6, 6.07) is 1.38. The summed E-state index contributed by atoms with van der Waals surface area (Å²) in [6.07, 6.45) is 2.21. The molecule has 1 aliphatic carbocycles. The average molecular weight is 325 g/mol. The zero-order valence-electron chi connectivity index (χ0n) is 12.2. The van der Waals surface area contributed by atoms with Crippen molar-refractivity contribution in [2.24, 2.45) is 5.92 Å². The van der Waals surface area contributed by atoms with Crippen LogP contribution in [-0.2, 0) is 6.54 Å². The molecule has 3 rings (SSSR count). The highest BCUT2D eigenvalue weighted by molar-refractivity contribution is 7.05. The number of halogens is 2. The van der Waals surface area contributed by atoms with Gasteiger partial charge in [0.15, 0.2) is 0 Å². The highest BCUT2D eigenvalue weighted by Gasteiger charge is 2.23. The van der Waals surface area contributed by atoms with Crippen LogP contribution in [0, 0.1) is 12.8 Å². The second kappa shape index (κ2) is 6.60. The van der Waals surface area contributed by atoms with Crippen LogP contribution in [0.2, 0.25) is 0 Å². The second-order valence-corrected chi connectivity index (χ2v) is 6.38. The molecule has 0 aromatic carbocycles. The largest absolute Gasteiger partial charge is 0.351 e. The van der Waals surface area contributed by atoms with E-state index in [4.69, 9.17) is 0 Å². The van der Waals surface area contributed by atoms with Crippen molar-refractivity contribution in [1.29, 1.82) is 0 Å². The summed E-state index contributed by atoms with van der Waals surface area (Å²) in [5.74, 6) is 1.30. The van der Waals surface area contributed by atoms with E-state index in [1.165, 1.54) is 36.8 Å². The van der Waals surface area contributed by atoms with Crippen LogP contribution in [0.4, 0.5) is 14.6 Å². The van der Waals surface area contributed by atoms with Gasteiger partial charge in [0.1, 0.15) is 17.8 Å². The minimum atomic E-state index is -2.58. The molecule has 2 heterocycles. The number of alkyl halides is 2. The summed E-state index contributed by atoms with van der Waals surface area (Å²) in [5.41, 5.74) is 0.644. The van der Waals surface area contributed by atoms with Crippen molar-refractivity contribution in [2.75, 3.05) is 11.4 Å². The molecule has 0 unspecified atom stereocenters. The highest BCUT2D eigenvalue weighted by Crippen LogP contribution is 2.33. The Kier molecular flexibility index (Phi) is 4.56. The van der Waals surface area contributed by atoms with Gasteiger partial charge >= 0.3 is 0 Å². The first-order valence-electron chi connectivity index (χ1n) is 7.26. The van der Waals surface area contributed by atoms with Gasteiger partial charge in [-0.1, -0.05) is 17.3 Å². The Morgan fingerprint density at radius 2 is 2.18 bits per heavy atom. The minimum Gasteiger partial charge on any atom is -0.351 e. The van der Waals surface area contributed by atoms with Gasteiger partial charge in [0.05, 0.1) is 17.1 Å². The second-order valence-electron chi connectivity index (χ2n) is 5.54. The van der Waals surface area contributed by atoms with E-state index in [-0.39, 0.29) is 5.69 Å². The fourth-order valence-corrected chi connectivity index (χ4v) is 2.89. The third kappa shape index (κ3) is 3.73. The van der Waals surface area contributed by atoms with E-state index in [1.807, 2.05) is 11.8 Å². The molecule has 2 aromatic rings. The average Bonchev–Trinajstić information content (AvgIpc) is 3.26. The topological polar surface area (TPSA) is 54.8 Å². The predicted molar refractivity (Wildman–Crippen MR) is 80.0 cm³/mol. The smallest absolute Gasteiger partial charge is 0.280 e. The Bertz CT molecular complexity index is 629. The summed E-state index contributed by atoms with van der Waals surface area (Å²) in [4.78, 5) is 10.9. The Labute approximate surface area is 131 Å². The zero-order chi connectivity index (χ0) is 15.5. The van der Waals surface area contributed by atoms with Crippen LogP contribution in [0.15, 0.2) is 12.4 Å². The van der Waals surface area contributed by atoms with Gasteiger partial charge in [-0.2, -0.15) is 0 Å². The molecular formula is C14H17F2N5S. The first-order chi connectivity index (χ1) is 10.6. The number of aromatic nitrogens is 4. The van der Waals surface area contributed by atoms with Gasteiger partial charge < -0.3 is 4.90 Å². The standard InChI is InChI=1S/C14H17F2N5S/c1-9-12(22-20-19-9)7-21(5-4-10-2-3-10)13-6-11(14(15)16)17-8-18-13/h6,8,10,14H,2-5,7H2,1H3. The van der Waals surface area contributed by atoms with E-state index >= 15 is 0 Å². The van der Waals surface area contributed by atoms with Crippen molar-refractivity contribution in [3.05, 3.63) is 28.7 Å². The molecule has 5 nitrogen and oxygen atoms in total. The molecule has 1 fully saturated rings. The molecule has 2 aromatic heterocycles. The van der Waals surface area contributed by atoms with E-state index < -0.39 is 6.43 Å². The molecular weight excluding hydrogens is 308 g/mol. The number of aryl methyl sites for hydroxylation is 1. The van der Waals surface area contributed by atoms with E-state index in [9.17, 15) is 8.78 Å². The van der Waals surface area contributed by atoms with E-state index in [1.54, 1.807) is 0 Å². The quantitative estimate of drug-likeness (QED) is 0.781. The number of hydrogen-bond acceptors (Lipinski definition) is 6. The first-order valence-corrected chi connectivity index (χ1v) is 8.03. The van der Waals surface area contributed by atoms with Gasteiger partial charge in [-0.3, -0.25) is 0 Å². The molecule has 118 valence electrons. The lowest BCUT2D eigenvalue weighted by Crippen LogP contribution is -2.25. The van der Waals surface area contributed by atoms with Crippen molar-refractivity contribution in [3.8, 4) is 0 Å². The number of nitrogens with zero attached hydrogens (tertiary/aromatic N) is 5. The predicted octanol–water partition coefficient (Wildman–Crippen LogP) is 3.38. The van der Waals surface area contributed by atoms with Crippen molar-refractivity contribution in [3.63, 3.8) is 0 Å². The summed E-state index contributed by atoms with van der Waals surface area (Å²) in [7, 11) is 0. The third-order valence-electron chi connectivity index (χ3n) is 3.81. The lowest BCUT2D eigenvalue weighted by Gasteiger charge is -2.23. The summed E-state index contributed by atoms with van der Waals surface area (Å²) >= 11 is 1.34. The van der Waals surface area contributed by atoms with Gasteiger partial charge in [0.25, 0.3) is 6.43 Å². The molecule has 0 radical (unpaired) electrons. The first kappa shape index (κ1) is 15.2. The Morgan fingerprint density at radius 1 is 1.36 bits per heavy atom. The fraction of sp³-hybridized carbons (Fsp3) is 0.571. The van der Waals surface area contributed by atoms with Crippen molar-refractivity contribution >= 4 is 17.4 Å². The maximum absolute atomic E-state index is 12.8. The Hall–Kier alpha value is -1.70. The Morgan fingerprint density at radius 3 is 2.82 bits per heavy atom. The molecule has 0 amide bonds. The highest BCUT2D eigenvalue weighted by atomic mass is 32.1. The molecule has 0 saturated heterocycles. The molecule has 0 spiro atoms. The van der Waals surface area contributed by atoms with E-state index in [0.717, 1.165) is 29.5 Å². The van der Waals surface area contributed by atoms with Crippen LogP contribution in [0.5, 0.6) is 0 Å². The summed E-state index contributed by atoms with van der Waals surface area (Å²) in [6.45, 7) is 3.29. The van der Waals surface area contributed by atoms with E-state index in [0.29, 0.717) is 12.4 Å². The van der Waals surface area contributed by atoms with Crippen LogP contribution in [0.25, 0.3) is 0 Å². The van der Waals surface area contributed by atoms with Gasteiger partial charge in [0, 0.05) is 12.6 Å². The fourth-order valence-electron chi connectivity index (χ4n) is 2.24. The lowest BCUT2D eigenvalue weighted by molar-refractivity contribution is 0.146. The van der Waals surface area contributed by atoms with Gasteiger partial charge in [-0.15, -0.1) is 5.10 Å². The summed E-state index contributed by atoms with van der Waals surface area (Å²) in [5, 5.41) is 4.01. The number of hydrogen-bond donors (Lipinski definition) is 0. The molecule has 0 N–H and O–H groups in total. The molecule has 0 aliphatic heterocycles. The van der Waals surface area contributed by atoms with Gasteiger partial charge in [-0.05, 0) is 30.8 Å². The number of anilines is 1. The normalized spacial score (nSPS) is 14.5. The van der Waals surface area contributed by atoms with Crippen LogP contribution < -0.4 is 4.90 Å². The molecule has 1 aliphatic rings. The summed E-state index contributed by atoms with van der Waals surface area (Å²) < 4.78 is 29.6. The molecule has 0 bridgehead atoms. The van der Waals surface area contributed by atoms with Gasteiger partial charge in [0.2, 0.25) is 0 Å². The SMILES string of the molecule is Cc1nnsc1CN(CCC1CC1)c1cc(C(F)F)ncn1.